The first-order chi connectivity index (χ1) is 16.2. The van der Waals surface area contributed by atoms with Crippen LogP contribution < -0.4 is 0 Å². The van der Waals surface area contributed by atoms with E-state index in [0.29, 0.717) is 6.04 Å². The van der Waals surface area contributed by atoms with Crippen molar-refractivity contribution in [3.63, 3.8) is 0 Å². The van der Waals surface area contributed by atoms with Gasteiger partial charge in [0.1, 0.15) is 6.04 Å². The lowest BCUT2D eigenvalue weighted by Crippen LogP contribution is -2.44. The third kappa shape index (κ3) is 4.21. The van der Waals surface area contributed by atoms with Gasteiger partial charge in [-0.1, -0.05) is 32.9 Å². The summed E-state index contributed by atoms with van der Waals surface area (Å²) in [4.78, 5) is 26.3. The molecule has 4 heterocycles. The molecule has 3 aliphatic rings. The number of fused-ring (bicyclic) bond motifs is 1. The Balaban J connectivity index is 1.54. The topological polar surface area (TPSA) is 64.6 Å². The minimum Gasteiger partial charge on any atom is -0.353 e. The van der Waals surface area contributed by atoms with Crippen LogP contribution in [0.5, 0.6) is 0 Å². The van der Waals surface area contributed by atoms with E-state index in [2.05, 4.69) is 90.4 Å². The Kier molecular flexibility index (Phi) is 5.70. The molecule has 34 heavy (non-hydrogen) atoms. The first kappa shape index (κ1) is 22.6. The Morgan fingerprint density at radius 2 is 1.94 bits per heavy atom. The molecule has 1 saturated heterocycles. The lowest BCUT2D eigenvalue weighted by Gasteiger charge is -2.28. The number of benzene rings is 1. The maximum atomic E-state index is 5.25. The van der Waals surface area contributed by atoms with Gasteiger partial charge in [0.2, 0.25) is 5.96 Å². The number of rotatable bonds is 2. The normalized spacial score (nSPS) is 26.3. The SMILES string of the molecule is Cc1ccc(C(C)(C)C)cc1N=C1N=C(N2CCC(n3ccnc3)C2)N(C)CC2N=CN(C)C12. The van der Waals surface area contributed by atoms with Crippen LogP contribution in [-0.4, -0.2) is 88.2 Å². The summed E-state index contributed by atoms with van der Waals surface area (Å²) in [6.07, 6.45) is 8.83. The molecule has 3 unspecified atom stereocenters. The summed E-state index contributed by atoms with van der Waals surface area (Å²) in [5.74, 6) is 1.83. The Hall–Kier alpha value is -3.16. The zero-order chi connectivity index (χ0) is 24.0. The van der Waals surface area contributed by atoms with Crippen LogP contribution in [-0.2, 0) is 5.41 Å². The summed E-state index contributed by atoms with van der Waals surface area (Å²) in [5.41, 5.74) is 3.50. The standard InChI is InChI=1S/C26H36N8/c1-18-7-8-19(26(2,3)4)13-21(18)29-24-23-22(28-17-32(23)6)15-31(5)25(30-24)33-11-9-20(14-33)34-12-10-27-16-34/h7-8,10,12-13,16-17,20,22-23H,9,11,14-15H2,1-6H3. The number of aliphatic imine (C=N–C) groups is 3. The molecule has 180 valence electrons. The number of imidazole rings is 1. The molecule has 1 aromatic heterocycles. The number of likely N-dealkylation sites (N-methyl/N-ethyl adjacent to an activating group) is 2. The second kappa shape index (κ2) is 8.56. The highest BCUT2D eigenvalue weighted by atomic mass is 15.4. The lowest BCUT2D eigenvalue weighted by molar-refractivity contribution is 0.346. The van der Waals surface area contributed by atoms with Gasteiger partial charge in [0.05, 0.1) is 30.4 Å². The molecule has 0 saturated carbocycles. The summed E-state index contributed by atoms with van der Waals surface area (Å²) in [7, 11) is 4.20. The third-order valence-corrected chi connectivity index (χ3v) is 7.23. The Labute approximate surface area is 202 Å². The summed E-state index contributed by atoms with van der Waals surface area (Å²) in [6, 6.07) is 7.16. The predicted molar refractivity (Wildman–Crippen MR) is 138 cm³/mol. The number of likely N-dealkylation sites (tertiary alicyclic amines) is 1. The van der Waals surface area contributed by atoms with Gasteiger partial charge in [0.15, 0.2) is 5.84 Å². The highest BCUT2D eigenvalue weighted by Gasteiger charge is 2.39. The fraction of sp³-hybridized carbons (Fsp3) is 0.538. The molecule has 8 heteroatoms. The number of aryl methyl sites for hydroxylation is 1. The number of guanidine groups is 1. The van der Waals surface area contributed by atoms with E-state index in [-0.39, 0.29) is 17.5 Å². The van der Waals surface area contributed by atoms with Gasteiger partial charge in [-0.05, 0) is 36.0 Å². The molecule has 0 bridgehead atoms. The molecule has 1 aromatic carbocycles. The summed E-state index contributed by atoms with van der Waals surface area (Å²) in [5, 5.41) is 0. The molecule has 0 radical (unpaired) electrons. The van der Waals surface area contributed by atoms with Crippen molar-refractivity contribution in [3.8, 4) is 0 Å². The molecule has 3 atom stereocenters. The first-order valence-electron chi connectivity index (χ1n) is 12.2. The zero-order valence-corrected chi connectivity index (χ0v) is 21.2. The van der Waals surface area contributed by atoms with Crippen LogP contribution in [0, 0.1) is 6.92 Å². The number of amidine groups is 1. The van der Waals surface area contributed by atoms with Crippen molar-refractivity contribution in [1.82, 2.24) is 24.3 Å². The van der Waals surface area contributed by atoms with Gasteiger partial charge in [0.25, 0.3) is 0 Å². The Morgan fingerprint density at radius 1 is 1.12 bits per heavy atom. The average molecular weight is 461 g/mol. The molecule has 1 fully saturated rings. The second-order valence-electron chi connectivity index (χ2n) is 10.9. The molecule has 3 aliphatic heterocycles. The average Bonchev–Trinajstić information content (AvgIpc) is 3.52. The minimum atomic E-state index is 0.0321. The lowest BCUT2D eigenvalue weighted by atomic mass is 9.86. The van der Waals surface area contributed by atoms with Crippen molar-refractivity contribution >= 4 is 23.8 Å². The fourth-order valence-corrected chi connectivity index (χ4v) is 5.11. The second-order valence-corrected chi connectivity index (χ2v) is 10.9. The van der Waals surface area contributed by atoms with E-state index < -0.39 is 0 Å². The number of nitrogens with zero attached hydrogens (tertiary/aromatic N) is 8. The molecule has 2 aromatic rings. The van der Waals surface area contributed by atoms with Gasteiger partial charge >= 0.3 is 0 Å². The maximum Gasteiger partial charge on any atom is 0.203 e. The molecular weight excluding hydrogens is 424 g/mol. The van der Waals surface area contributed by atoms with E-state index in [1.54, 1.807) is 0 Å². The van der Waals surface area contributed by atoms with E-state index in [0.717, 1.165) is 49.1 Å². The van der Waals surface area contributed by atoms with E-state index in [1.165, 1.54) is 5.56 Å². The van der Waals surface area contributed by atoms with Crippen molar-refractivity contribution < 1.29 is 0 Å². The van der Waals surface area contributed by atoms with Crippen LogP contribution in [0.25, 0.3) is 0 Å². The van der Waals surface area contributed by atoms with Crippen molar-refractivity contribution in [1.29, 1.82) is 0 Å². The van der Waals surface area contributed by atoms with E-state index in [1.807, 2.05) is 18.9 Å². The fourth-order valence-electron chi connectivity index (χ4n) is 5.11. The van der Waals surface area contributed by atoms with Gasteiger partial charge < -0.3 is 19.3 Å². The van der Waals surface area contributed by atoms with Crippen molar-refractivity contribution in [2.45, 2.75) is 57.7 Å². The quantitative estimate of drug-likeness (QED) is 0.688. The molecule has 0 amide bonds. The van der Waals surface area contributed by atoms with E-state index >= 15 is 0 Å². The monoisotopic (exact) mass is 460 g/mol. The predicted octanol–water partition coefficient (Wildman–Crippen LogP) is 3.48. The summed E-state index contributed by atoms with van der Waals surface area (Å²) >= 11 is 0. The van der Waals surface area contributed by atoms with Gasteiger partial charge in [-0.25, -0.2) is 9.98 Å². The summed E-state index contributed by atoms with van der Waals surface area (Å²) in [6.45, 7) is 11.5. The first-order valence-corrected chi connectivity index (χ1v) is 12.2. The van der Waals surface area contributed by atoms with Crippen LogP contribution in [0.2, 0.25) is 0 Å². The van der Waals surface area contributed by atoms with Crippen LogP contribution in [0.3, 0.4) is 0 Å². The highest BCUT2D eigenvalue weighted by Crippen LogP contribution is 2.31. The molecule has 0 aliphatic carbocycles. The molecular formula is C26H36N8. The smallest absolute Gasteiger partial charge is 0.203 e. The van der Waals surface area contributed by atoms with Crippen molar-refractivity contribution in [2.24, 2.45) is 15.0 Å². The maximum absolute atomic E-state index is 5.25. The number of aromatic nitrogens is 2. The van der Waals surface area contributed by atoms with Crippen LogP contribution in [0.4, 0.5) is 5.69 Å². The Bertz CT molecular complexity index is 1120. The third-order valence-electron chi connectivity index (χ3n) is 7.23. The van der Waals surface area contributed by atoms with Gasteiger partial charge in [-0.15, -0.1) is 0 Å². The number of hydrogen-bond donors (Lipinski definition) is 0. The number of hydrogen-bond acceptors (Lipinski definition) is 6. The van der Waals surface area contributed by atoms with Crippen LogP contribution >= 0.6 is 0 Å². The van der Waals surface area contributed by atoms with Gasteiger partial charge in [-0.2, -0.15) is 4.99 Å². The molecule has 0 N–H and O–H groups in total. The van der Waals surface area contributed by atoms with Crippen molar-refractivity contribution in [2.75, 3.05) is 33.7 Å². The van der Waals surface area contributed by atoms with E-state index in [9.17, 15) is 0 Å². The minimum absolute atomic E-state index is 0.0321. The molecule has 0 spiro atoms. The summed E-state index contributed by atoms with van der Waals surface area (Å²) < 4.78 is 2.21. The molecule has 5 rings (SSSR count). The van der Waals surface area contributed by atoms with E-state index in [4.69, 9.17) is 15.0 Å². The van der Waals surface area contributed by atoms with Crippen molar-refractivity contribution in [3.05, 3.63) is 48.0 Å². The van der Waals surface area contributed by atoms with Crippen LogP contribution in [0.15, 0.2) is 51.9 Å². The Morgan fingerprint density at radius 3 is 2.68 bits per heavy atom. The zero-order valence-electron chi connectivity index (χ0n) is 21.2. The largest absolute Gasteiger partial charge is 0.353 e. The molecule has 8 nitrogen and oxygen atoms in total. The highest BCUT2D eigenvalue weighted by molar-refractivity contribution is 6.03. The van der Waals surface area contributed by atoms with Gasteiger partial charge in [-0.3, -0.25) is 4.99 Å². The van der Waals surface area contributed by atoms with Crippen LogP contribution in [0.1, 0.15) is 44.4 Å². The van der Waals surface area contributed by atoms with Gasteiger partial charge in [0, 0.05) is 46.1 Å².